The molecule has 0 atom stereocenters. The van der Waals surface area contributed by atoms with Crippen molar-refractivity contribution in [2.24, 2.45) is 0 Å². The summed E-state index contributed by atoms with van der Waals surface area (Å²) in [6.07, 6.45) is 1.93. The average molecular weight is 445 g/mol. The van der Waals surface area contributed by atoms with E-state index in [1.54, 1.807) is 42.1 Å². The molecular weight excluding hydrogens is 423 g/mol. The molecule has 0 spiro atoms. The molecular formula is C22H21FN2O3S2. The predicted octanol–water partition coefficient (Wildman–Crippen LogP) is 4.38. The quantitative estimate of drug-likeness (QED) is 0.524. The van der Waals surface area contributed by atoms with Crippen LogP contribution >= 0.6 is 11.8 Å². The summed E-state index contributed by atoms with van der Waals surface area (Å²) >= 11 is 1.54. The second-order valence-electron chi connectivity index (χ2n) is 6.49. The molecule has 0 saturated heterocycles. The lowest BCUT2D eigenvalue weighted by Crippen LogP contribution is -2.37. The van der Waals surface area contributed by atoms with Crippen LogP contribution in [-0.2, 0) is 21.4 Å². The first-order valence-corrected chi connectivity index (χ1v) is 11.8. The third-order valence-corrected chi connectivity index (χ3v) is 6.86. The summed E-state index contributed by atoms with van der Waals surface area (Å²) in [5, 5.41) is 2.75. The normalized spacial score (nSPS) is 11.4. The molecule has 3 aromatic carbocycles. The Bertz CT molecular complexity index is 1100. The highest BCUT2D eigenvalue weighted by atomic mass is 32.2. The van der Waals surface area contributed by atoms with Gasteiger partial charge >= 0.3 is 0 Å². The number of benzene rings is 3. The molecule has 0 fully saturated rings. The number of amides is 1. The number of halogens is 1. The number of sulfonamides is 1. The second-order valence-corrected chi connectivity index (χ2v) is 9.31. The second kappa shape index (κ2) is 9.88. The minimum Gasteiger partial charge on any atom is -0.325 e. The van der Waals surface area contributed by atoms with Crippen LogP contribution in [0.15, 0.2) is 88.7 Å². The molecule has 0 aliphatic rings. The highest BCUT2D eigenvalue weighted by Crippen LogP contribution is 2.21. The molecule has 8 heteroatoms. The van der Waals surface area contributed by atoms with Gasteiger partial charge in [-0.15, -0.1) is 11.8 Å². The van der Waals surface area contributed by atoms with Crippen molar-refractivity contribution >= 4 is 33.4 Å². The Morgan fingerprint density at radius 2 is 1.70 bits per heavy atom. The number of anilines is 1. The van der Waals surface area contributed by atoms with E-state index in [0.717, 1.165) is 26.9 Å². The Hall–Kier alpha value is -2.68. The number of carbonyl (C=O) groups is 1. The SMILES string of the molecule is CSc1cccc(NC(=O)CN(Cc2ccccc2)S(=O)(=O)c2ccc(F)cc2)c1. The lowest BCUT2D eigenvalue weighted by Gasteiger charge is -2.22. The maximum atomic E-state index is 13.3. The van der Waals surface area contributed by atoms with E-state index in [1.807, 2.05) is 30.5 Å². The number of nitrogens with one attached hydrogen (secondary N) is 1. The fourth-order valence-electron chi connectivity index (χ4n) is 2.83. The monoisotopic (exact) mass is 444 g/mol. The first-order valence-electron chi connectivity index (χ1n) is 9.12. The molecule has 156 valence electrons. The fourth-order valence-corrected chi connectivity index (χ4v) is 4.67. The fraction of sp³-hybridized carbons (Fsp3) is 0.136. The van der Waals surface area contributed by atoms with E-state index in [9.17, 15) is 17.6 Å². The summed E-state index contributed by atoms with van der Waals surface area (Å²) in [6.45, 7) is -0.364. The lowest BCUT2D eigenvalue weighted by atomic mass is 10.2. The summed E-state index contributed by atoms with van der Waals surface area (Å²) in [7, 11) is -4.01. The van der Waals surface area contributed by atoms with E-state index in [0.29, 0.717) is 5.69 Å². The maximum absolute atomic E-state index is 13.3. The van der Waals surface area contributed by atoms with E-state index >= 15 is 0 Å². The Morgan fingerprint density at radius 1 is 1.00 bits per heavy atom. The number of hydrogen-bond acceptors (Lipinski definition) is 4. The van der Waals surface area contributed by atoms with Crippen LogP contribution in [-0.4, -0.2) is 31.4 Å². The van der Waals surface area contributed by atoms with Crippen LogP contribution in [0.4, 0.5) is 10.1 Å². The molecule has 0 aromatic heterocycles. The van der Waals surface area contributed by atoms with Gasteiger partial charge < -0.3 is 5.32 Å². The summed E-state index contributed by atoms with van der Waals surface area (Å²) in [5.74, 6) is -0.996. The topological polar surface area (TPSA) is 66.5 Å². The number of thioether (sulfide) groups is 1. The summed E-state index contributed by atoms with van der Waals surface area (Å²) in [4.78, 5) is 13.6. The van der Waals surface area contributed by atoms with Gasteiger partial charge in [0.25, 0.3) is 0 Å². The molecule has 1 amide bonds. The van der Waals surface area contributed by atoms with Crippen molar-refractivity contribution in [1.29, 1.82) is 0 Å². The van der Waals surface area contributed by atoms with E-state index < -0.39 is 21.7 Å². The molecule has 0 radical (unpaired) electrons. The number of hydrogen-bond donors (Lipinski definition) is 1. The summed E-state index contributed by atoms with van der Waals surface area (Å²) < 4.78 is 40.7. The van der Waals surface area contributed by atoms with Crippen LogP contribution in [0.1, 0.15) is 5.56 Å². The summed E-state index contributed by atoms with van der Waals surface area (Å²) in [5.41, 5.74) is 1.33. The minimum absolute atomic E-state index is 0.0127. The Labute approximate surface area is 180 Å². The van der Waals surface area contributed by atoms with Gasteiger partial charge in [-0.25, -0.2) is 12.8 Å². The van der Waals surface area contributed by atoms with Crippen molar-refractivity contribution in [1.82, 2.24) is 4.31 Å². The number of rotatable bonds is 8. The highest BCUT2D eigenvalue weighted by molar-refractivity contribution is 7.98. The van der Waals surface area contributed by atoms with Gasteiger partial charge in [0, 0.05) is 17.1 Å². The average Bonchev–Trinajstić information content (AvgIpc) is 2.74. The first-order chi connectivity index (χ1) is 14.4. The molecule has 5 nitrogen and oxygen atoms in total. The van der Waals surface area contributed by atoms with Crippen LogP contribution in [0.5, 0.6) is 0 Å². The third kappa shape index (κ3) is 5.69. The number of carbonyl (C=O) groups excluding carboxylic acids is 1. The van der Waals surface area contributed by atoms with Crippen LogP contribution in [0.3, 0.4) is 0 Å². The van der Waals surface area contributed by atoms with E-state index in [2.05, 4.69) is 5.32 Å². The van der Waals surface area contributed by atoms with E-state index in [1.165, 1.54) is 12.1 Å². The molecule has 1 N–H and O–H groups in total. The van der Waals surface area contributed by atoms with Crippen LogP contribution < -0.4 is 5.32 Å². The van der Waals surface area contributed by atoms with Gasteiger partial charge in [-0.05, 0) is 54.3 Å². The standard InChI is InChI=1S/C22H21FN2O3S2/c1-29-20-9-5-8-19(14-20)24-22(26)16-25(15-17-6-3-2-4-7-17)30(27,28)21-12-10-18(23)11-13-21/h2-14H,15-16H2,1H3,(H,24,26). The Kier molecular flexibility index (Phi) is 7.25. The largest absolute Gasteiger partial charge is 0.325 e. The van der Waals surface area contributed by atoms with Gasteiger partial charge in [0.05, 0.1) is 11.4 Å². The maximum Gasteiger partial charge on any atom is 0.243 e. The smallest absolute Gasteiger partial charge is 0.243 e. The van der Waals surface area contributed by atoms with Gasteiger partial charge in [-0.1, -0.05) is 36.4 Å². The first kappa shape index (κ1) is 22.0. The summed E-state index contributed by atoms with van der Waals surface area (Å²) in [6, 6.07) is 20.9. The van der Waals surface area contributed by atoms with Crippen molar-refractivity contribution in [3.05, 3.63) is 90.2 Å². The van der Waals surface area contributed by atoms with Crippen molar-refractivity contribution in [2.45, 2.75) is 16.3 Å². The van der Waals surface area contributed by atoms with Gasteiger partial charge in [0.15, 0.2) is 0 Å². The Balaban J connectivity index is 1.85. The van der Waals surface area contributed by atoms with Crippen molar-refractivity contribution in [3.8, 4) is 0 Å². The molecule has 0 unspecified atom stereocenters. The van der Waals surface area contributed by atoms with Crippen LogP contribution in [0.2, 0.25) is 0 Å². The molecule has 30 heavy (non-hydrogen) atoms. The lowest BCUT2D eigenvalue weighted by molar-refractivity contribution is -0.116. The molecule has 3 aromatic rings. The zero-order valence-corrected chi connectivity index (χ0v) is 17.9. The van der Waals surface area contributed by atoms with Gasteiger partial charge in [-0.3, -0.25) is 4.79 Å². The Morgan fingerprint density at radius 3 is 2.37 bits per heavy atom. The van der Waals surface area contributed by atoms with E-state index in [-0.39, 0.29) is 18.0 Å². The molecule has 0 saturated carbocycles. The van der Waals surface area contributed by atoms with Gasteiger partial charge in [-0.2, -0.15) is 4.31 Å². The van der Waals surface area contributed by atoms with Gasteiger partial charge in [0.1, 0.15) is 5.82 Å². The molecule has 0 heterocycles. The zero-order valence-electron chi connectivity index (χ0n) is 16.3. The molecule has 3 rings (SSSR count). The van der Waals surface area contributed by atoms with Crippen molar-refractivity contribution < 1.29 is 17.6 Å². The van der Waals surface area contributed by atoms with Crippen LogP contribution in [0, 0.1) is 5.82 Å². The minimum atomic E-state index is -4.01. The van der Waals surface area contributed by atoms with Gasteiger partial charge in [0.2, 0.25) is 15.9 Å². The van der Waals surface area contributed by atoms with Crippen molar-refractivity contribution in [3.63, 3.8) is 0 Å². The molecule has 0 bridgehead atoms. The zero-order chi connectivity index (χ0) is 21.6. The van der Waals surface area contributed by atoms with E-state index in [4.69, 9.17) is 0 Å². The number of nitrogens with zero attached hydrogens (tertiary/aromatic N) is 1. The van der Waals surface area contributed by atoms with Crippen LogP contribution in [0.25, 0.3) is 0 Å². The molecule has 0 aliphatic heterocycles. The predicted molar refractivity (Wildman–Crippen MR) is 117 cm³/mol. The highest BCUT2D eigenvalue weighted by Gasteiger charge is 2.27. The van der Waals surface area contributed by atoms with Crippen molar-refractivity contribution in [2.75, 3.05) is 18.1 Å². The molecule has 0 aliphatic carbocycles. The third-order valence-electron chi connectivity index (χ3n) is 4.33.